The lowest BCUT2D eigenvalue weighted by Crippen LogP contribution is -1.95. The third-order valence-electron chi connectivity index (χ3n) is 2.51. The van der Waals surface area contributed by atoms with Crippen LogP contribution >= 0.6 is 23.1 Å². The van der Waals surface area contributed by atoms with E-state index in [1.165, 1.54) is 17.6 Å². The lowest BCUT2D eigenvalue weighted by atomic mass is 10.4. The highest BCUT2D eigenvalue weighted by Crippen LogP contribution is 2.27. The van der Waals surface area contributed by atoms with Gasteiger partial charge in [-0.1, -0.05) is 0 Å². The Bertz CT molecular complexity index is 714. The molecule has 0 bridgehead atoms. The highest BCUT2D eigenvalue weighted by atomic mass is 32.2. The van der Waals surface area contributed by atoms with E-state index in [9.17, 15) is 13.2 Å². The number of aromatic carboxylic acids is 1. The predicted octanol–water partition coefficient (Wildman–Crippen LogP) is 3.14. The van der Waals surface area contributed by atoms with Crippen LogP contribution in [0, 0.1) is 0 Å². The molecule has 0 saturated heterocycles. The first-order valence-corrected chi connectivity index (χ1v) is 9.30. The van der Waals surface area contributed by atoms with Gasteiger partial charge in [0.15, 0.2) is 9.84 Å². The zero-order valence-corrected chi connectivity index (χ0v) is 13.0. The molecule has 0 fully saturated rings. The molecule has 7 heteroatoms. The molecule has 0 amide bonds. The minimum atomic E-state index is -3.17. The van der Waals surface area contributed by atoms with Gasteiger partial charge in [-0.25, -0.2) is 13.2 Å². The molecule has 0 atom stereocenters. The fraction of sp³-hybridized carbons (Fsp3) is 0.154. The van der Waals surface area contributed by atoms with Gasteiger partial charge in [-0.05, 0) is 36.4 Å². The van der Waals surface area contributed by atoms with E-state index in [1.807, 2.05) is 0 Å². The first-order valence-electron chi connectivity index (χ1n) is 5.61. The minimum absolute atomic E-state index is 0.297. The van der Waals surface area contributed by atoms with Crippen LogP contribution in [0.5, 0.6) is 0 Å². The molecule has 1 aromatic carbocycles. The Labute approximate surface area is 125 Å². The lowest BCUT2D eigenvalue weighted by Gasteiger charge is -2.02. The number of thiophene rings is 1. The zero-order chi connectivity index (χ0) is 14.8. The van der Waals surface area contributed by atoms with E-state index in [1.54, 1.807) is 48.2 Å². The Balaban J connectivity index is 2.02. The summed E-state index contributed by atoms with van der Waals surface area (Å²) in [6.07, 6.45) is 1.17. The fourth-order valence-corrected chi connectivity index (χ4v) is 3.93. The van der Waals surface area contributed by atoms with E-state index in [-0.39, 0.29) is 0 Å². The van der Waals surface area contributed by atoms with Gasteiger partial charge in [0, 0.05) is 21.8 Å². The molecule has 2 rings (SSSR count). The van der Waals surface area contributed by atoms with Gasteiger partial charge in [0.05, 0.1) is 4.90 Å². The van der Waals surface area contributed by atoms with Gasteiger partial charge in [0.25, 0.3) is 0 Å². The van der Waals surface area contributed by atoms with Crippen LogP contribution in [0.1, 0.15) is 14.5 Å². The fourth-order valence-electron chi connectivity index (χ4n) is 1.51. The van der Waals surface area contributed by atoms with E-state index in [0.29, 0.717) is 15.5 Å². The summed E-state index contributed by atoms with van der Waals surface area (Å²) in [5.74, 6) is -0.250. The normalized spacial score (nSPS) is 11.4. The highest BCUT2D eigenvalue weighted by Gasteiger charge is 2.08. The van der Waals surface area contributed by atoms with Gasteiger partial charge in [-0.2, -0.15) is 0 Å². The van der Waals surface area contributed by atoms with Crippen molar-refractivity contribution in [3.05, 3.63) is 46.2 Å². The third-order valence-corrected chi connectivity index (χ3v) is 5.95. The Morgan fingerprint density at radius 3 is 2.35 bits per heavy atom. The second kappa shape index (κ2) is 5.99. The van der Waals surface area contributed by atoms with Crippen LogP contribution in [0.2, 0.25) is 0 Å². The number of carbonyl (C=O) groups is 1. The van der Waals surface area contributed by atoms with Gasteiger partial charge in [0.2, 0.25) is 0 Å². The smallest absolute Gasteiger partial charge is 0.345 e. The SMILES string of the molecule is CS(=O)(=O)c1ccc(SCc2ccc(C(=O)O)s2)cc1. The quantitative estimate of drug-likeness (QED) is 0.854. The molecule has 20 heavy (non-hydrogen) atoms. The van der Waals surface area contributed by atoms with Crippen molar-refractivity contribution in [3.63, 3.8) is 0 Å². The molecular weight excluding hydrogens is 316 g/mol. The van der Waals surface area contributed by atoms with Crippen molar-refractivity contribution in [1.29, 1.82) is 0 Å². The summed E-state index contributed by atoms with van der Waals surface area (Å²) >= 11 is 2.79. The number of hydrogen-bond acceptors (Lipinski definition) is 5. The van der Waals surface area contributed by atoms with E-state index in [4.69, 9.17) is 5.11 Å². The Hall–Kier alpha value is -1.31. The molecular formula is C13H12O4S3. The molecule has 0 spiro atoms. The molecule has 2 aromatic rings. The second-order valence-electron chi connectivity index (χ2n) is 4.10. The van der Waals surface area contributed by atoms with Crippen molar-refractivity contribution in [2.45, 2.75) is 15.5 Å². The largest absolute Gasteiger partial charge is 0.477 e. The summed E-state index contributed by atoms with van der Waals surface area (Å²) in [5, 5.41) is 8.84. The van der Waals surface area contributed by atoms with Gasteiger partial charge >= 0.3 is 5.97 Å². The van der Waals surface area contributed by atoms with E-state index >= 15 is 0 Å². The molecule has 0 aliphatic heterocycles. The van der Waals surface area contributed by atoms with Crippen molar-refractivity contribution in [3.8, 4) is 0 Å². The lowest BCUT2D eigenvalue weighted by molar-refractivity contribution is 0.0702. The number of hydrogen-bond donors (Lipinski definition) is 1. The van der Waals surface area contributed by atoms with E-state index in [2.05, 4.69) is 0 Å². The van der Waals surface area contributed by atoms with Gasteiger partial charge in [0.1, 0.15) is 4.88 Å². The predicted molar refractivity (Wildman–Crippen MR) is 80.4 cm³/mol. The topological polar surface area (TPSA) is 71.4 Å². The molecule has 0 radical (unpaired) electrons. The summed E-state index contributed by atoms with van der Waals surface area (Å²) in [6, 6.07) is 10.1. The summed E-state index contributed by atoms with van der Waals surface area (Å²) in [7, 11) is -3.17. The maximum absolute atomic E-state index is 11.3. The number of carboxylic acid groups (broad SMARTS) is 1. The number of thioether (sulfide) groups is 1. The number of carboxylic acids is 1. The van der Waals surface area contributed by atoms with Gasteiger partial charge < -0.3 is 5.11 Å². The highest BCUT2D eigenvalue weighted by molar-refractivity contribution is 7.98. The Kier molecular flexibility index (Phi) is 4.52. The first-order chi connectivity index (χ1) is 9.36. The van der Waals surface area contributed by atoms with Crippen molar-refractivity contribution in [1.82, 2.24) is 0 Å². The average molecular weight is 328 g/mol. The zero-order valence-electron chi connectivity index (χ0n) is 10.6. The van der Waals surface area contributed by atoms with Crippen LogP contribution in [-0.2, 0) is 15.6 Å². The van der Waals surface area contributed by atoms with Crippen LogP contribution in [-0.4, -0.2) is 25.7 Å². The Morgan fingerprint density at radius 1 is 1.20 bits per heavy atom. The molecule has 1 aromatic heterocycles. The van der Waals surface area contributed by atoms with Crippen LogP contribution in [0.4, 0.5) is 0 Å². The van der Waals surface area contributed by atoms with Crippen LogP contribution in [0.25, 0.3) is 0 Å². The van der Waals surface area contributed by atoms with E-state index in [0.717, 1.165) is 9.77 Å². The van der Waals surface area contributed by atoms with E-state index < -0.39 is 15.8 Å². The number of benzene rings is 1. The van der Waals surface area contributed by atoms with Gasteiger partial charge in [-0.3, -0.25) is 0 Å². The molecule has 1 heterocycles. The van der Waals surface area contributed by atoms with Crippen LogP contribution < -0.4 is 0 Å². The average Bonchev–Trinajstić information content (AvgIpc) is 2.85. The van der Waals surface area contributed by atoms with Crippen LogP contribution in [0.3, 0.4) is 0 Å². The molecule has 0 aliphatic rings. The standard InChI is InChI=1S/C13H12O4S3/c1-20(16,17)11-5-2-9(3-6-11)18-8-10-4-7-12(19-10)13(14)15/h2-7H,8H2,1H3,(H,14,15). The molecule has 0 unspecified atom stereocenters. The maximum Gasteiger partial charge on any atom is 0.345 e. The van der Waals surface area contributed by atoms with Gasteiger partial charge in [-0.15, -0.1) is 23.1 Å². The molecule has 1 N–H and O–H groups in total. The van der Waals surface area contributed by atoms with Crippen molar-refractivity contribution in [2.24, 2.45) is 0 Å². The number of sulfone groups is 1. The summed E-state index contributed by atoms with van der Waals surface area (Å²) in [4.78, 5) is 13.3. The van der Waals surface area contributed by atoms with Crippen molar-refractivity contribution < 1.29 is 18.3 Å². The molecule has 0 aliphatic carbocycles. The second-order valence-corrected chi connectivity index (χ2v) is 8.34. The monoisotopic (exact) mass is 328 g/mol. The maximum atomic E-state index is 11.3. The summed E-state index contributed by atoms with van der Waals surface area (Å²) in [6.45, 7) is 0. The summed E-state index contributed by atoms with van der Waals surface area (Å²) in [5.41, 5.74) is 0. The molecule has 106 valence electrons. The minimum Gasteiger partial charge on any atom is -0.477 e. The third kappa shape index (κ3) is 3.84. The summed E-state index contributed by atoms with van der Waals surface area (Å²) < 4.78 is 22.7. The van der Waals surface area contributed by atoms with Crippen molar-refractivity contribution in [2.75, 3.05) is 6.26 Å². The number of rotatable bonds is 5. The molecule has 4 nitrogen and oxygen atoms in total. The first kappa shape index (κ1) is 15.1. The Morgan fingerprint density at radius 2 is 1.85 bits per heavy atom. The van der Waals surface area contributed by atoms with Crippen molar-refractivity contribution >= 4 is 38.9 Å². The molecule has 0 saturated carbocycles. The van der Waals surface area contributed by atoms with Crippen LogP contribution in [0.15, 0.2) is 46.2 Å².